The summed E-state index contributed by atoms with van der Waals surface area (Å²) in [5.41, 5.74) is 0.709. The number of likely N-dealkylation sites (tertiary alicyclic amines) is 1. The van der Waals surface area contributed by atoms with E-state index < -0.39 is 6.10 Å². The smallest absolute Gasteiger partial charge is 0.225 e. The Morgan fingerprint density at radius 1 is 1.41 bits per heavy atom. The Hall–Kier alpha value is -1.85. The summed E-state index contributed by atoms with van der Waals surface area (Å²) in [5.74, 6) is -0.0305. The average molecular weight is 320 g/mol. The van der Waals surface area contributed by atoms with Crippen LogP contribution >= 0.6 is 11.6 Å². The van der Waals surface area contributed by atoms with Gasteiger partial charge in [-0.2, -0.15) is 5.10 Å². The lowest BCUT2D eigenvalue weighted by atomic mass is 10.1. The summed E-state index contributed by atoms with van der Waals surface area (Å²) in [4.78, 5) is 14.1. The molecule has 3 rings (SSSR count). The maximum absolute atomic E-state index is 12.3. The summed E-state index contributed by atoms with van der Waals surface area (Å²) < 4.78 is 1.89. The fourth-order valence-electron chi connectivity index (χ4n) is 2.78. The molecular weight excluding hydrogens is 302 g/mol. The summed E-state index contributed by atoms with van der Waals surface area (Å²) in [6.07, 6.45) is 3.85. The fraction of sp³-hybridized carbons (Fsp3) is 0.375. The van der Waals surface area contributed by atoms with Crippen molar-refractivity contribution in [2.24, 2.45) is 0 Å². The van der Waals surface area contributed by atoms with E-state index in [4.69, 9.17) is 11.6 Å². The molecular formula is C16H18ClN3O2. The molecule has 1 aliphatic heterocycles. The van der Waals surface area contributed by atoms with Crippen molar-refractivity contribution in [3.8, 4) is 0 Å². The molecule has 0 aliphatic carbocycles. The number of nitrogens with zero attached hydrogens (tertiary/aromatic N) is 3. The minimum Gasteiger partial charge on any atom is -0.388 e. The van der Waals surface area contributed by atoms with Gasteiger partial charge in [0, 0.05) is 30.5 Å². The SMILES string of the molecule is O=C(CC(O)c1ccc(Cl)cc1)N1CCC(n2cccn2)C1. The highest BCUT2D eigenvalue weighted by Crippen LogP contribution is 2.24. The molecule has 2 aromatic rings. The molecule has 1 aromatic heterocycles. The van der Waals surface area contributed by atoms with Crippen LogP contribution < -0.4 is 0 Å². The fourth-order valence-corrected chi connectivity index (χ4v) is 2.90. The third kappa shape index (κ3) is 3.31. The zero-order valence-electron chi connectivity index (χ0n) is 12.1. The topological polar surface area (TPSA) is 58.4 Å². The number of hydrogen-bond donors (Lipinski definition) is 1. The number of hydrogen-bond acceptors (Lipinski definition) is 3. The highest BCUT2D eigenvalue weighted by molar-refractivity contribution is 6.30. The van der Waals surface area contributed by atoms with Crippen molar-refractivity contribution >= 4 is 17.5 Å². The number of carbonyl (C=O) groups excluding carboxylic acids is 1. The molecule has 2 unspecified atom stereocenters. The van der Waals surface area contributed by atoms with Crippen molar-refractivity contribution in [2.75, 3.05) is 13.1 Å². The maximum Gasteiger partial charge on any atom is 0.225 e. The normalized spacial score (nSPS) is 19.4. The molecule has 1 fully saturated rings. The van der Waals surface area contributed by atoms with Crippen molar-refractivity contribution in [2.45, 2.75) is 25.0 Å². The maximum atomic E-state index is 12.3. The van der Waals surface area contributed by atoms with Crippen molar-refractivity contribution in [3.63, 3.8) is 0 Å². The Bertz CT molecular complexity index is 627. The van der Waals surface area contributed by atoms with Crippen LogP contribution in [-0.2, 0) is 4.79 Å². The van der Waals surface area contributed by atoms with Gasteiger partial charge in [-0.25, -0.2) is 0 Å². The molecule has 0 spiro atoms. The second kappa shape index (κ2) is 6.50. The zero-order chi connectivity index (χ0) is 15.5. The predicted octanol–water partition coefficient (Wildman–Crippen LogP) is 2.43. The number of carbonyl (C=O) groups is 1. The Balaban J connectivity index is 1.57. The molecule has 1 aromatic carbocycles. The highest BCUT2D eigenvalue weighted by atomic mass is 35.5. The monoisotopic (exact) mass is 319 g/mol. The van der Waals surface area contributed by atoms with Gasteiger partial charge in [0.2, 0.25) is 5.91 Å². The first-order valence-corrected chi connectivity index (χ1v) is 7.71. The first-order valence-electron chi connectivity index (χ1n) is 7.34. The van der Waals surface area contributed by atoms with Gasteiger partial charge in [0.15, 0.2) is 0 Å². The Kier molecular flexibility index (Phi) is 4.45. The van der Waals surface area contributed by atoms with E-state index in [0.29, 0.717) is 23.7 Å². The summed E-state index contributed by atoms with van der Waals surface area (Å²) in [6.45, 7) is 1.35. The van der Waals surface area contributed by atoms with Gasteiger partial charge in [-0.3, -0.25) is 9.48 Å². The molecule has 116 valence electrons. The van der Waals surface area contributed by atoms with E-state index in [0.717, 1.165) is 6.42 Å². The van der Waals surface area contributed by atoms with Crippen LogP contribution in [0.4, 0.5) is 0 Å². The van der Waals surface area contributed by atoms with Crippen LogP contribution in [0, 0.1) is 0 Å². The van der Waals surface area contributed by atoms with Crippen molar-refractivity contribution in [1.29, 1.82) is 0 Å². The zero-order valence-corrected chi connectivity index (χ0v) is 12.9. The van der Waals surface area contributed by atoms with Crippen LogP contribution in [0.3, 0.4) is 0 Å². The summed E-state index contributed by atoms with van der Waals surface area (Å²) in [5, 5.41) is 15.0. The van der Waals surface area contributed by atoms with Gasteiger partial charge in [-0.15, -0.1) is 0 Å². The van der Waals surface area contributed by atoms with Crippen LogP contribution in [0.5, 0.6) is 0 Å². The van der Waals surface area contributed by atoms with Crippen molar-refractivity contribution < 1.29 is 9.90 Å². The number of aliphatic hydroxyl groups is 1. The van der Waals surface area contributed by atoms with E-state index in [1.807, 2.05) is 16.9 Å². The first-order chi connectivity index (χ1) is 10.6. The number of amides is 1. The molecule has 1 saturated heterocycles. The van der Waals surface area contributed by atoms with Gasteiger partial charge in [0.1, 0.15) is 0 Å². The van der Waals surface area contributed by atoms with Crippen LogP contribution in [0.2, 0.25) is 5.02 Å². The van der Waals surface area contributed by atoms with Crippen LogP contribution in [0.15, 0.2) is 42.7 Å². The number of benzene rings is 1. The van der Waals surface area contributed by atoms with Gasteiger partial charge in [0.25, 0.3) is 0 Å². The largest absolute Gasteiger partial charge is 0.388 e. The van der Waals surface area contributed by atoms with E-state index in [9.17, 15) is 9.90 Å². The second-order valence-electron chi connectivity index (χ2n) is 5.54. The summed E-state index contributed by atoms with van der Waals surface area (Å²) in [7, 11) is 0. The van der Waals surface area contributed by atoms with Crippen LogP contribution in [0.1, 0.15) is 30.6 Å². The molecule has 1 N–H and O–H groups in total. The van der Waals surface area contributed by atoms with E-state index in [1.165, 1.54) is 0 Å². The third-order valence-corrected chi connectivity index (χ3v) is 4.29. The van der Waals surface area contributed by atoms with Crippen molar-refractivity contribution in [3.05, 3.63) is 53.3 Å². The summed E-state index contributed by atoms with van der Waals surface area (Å²) in [6, 6.07) is 9.04. The van der Waals surface area contributed by atoms with Crippen LogP contribution in [-0.4, -0.2) is 38.8 Å². The molecule has 2 heterocycles. The average Bonchev–Trinajstić information content (AvgIpc) is 3.19. The molecule has 5 nitrogen and oxygen atoms in total. The Morgan fingerprint density at radius 2 is 2.18 bits per heavy atom. The molecule has 0 saturated carbocycles. The van der Waals surface area contributed by atoms with E-state index in [2.05, 4.69) is 5.10 Å². The number of aromatic nitrogens is 2. The van der Waals surface area contributed by atoms with Gasteiger partial charge in [0.05, 0.1) is 18.6 Å². The number of halogens is 1. The minimum atomic E-state index is -0.798. The molecule has 22 heavy (non-hydrogen) atoms. The van der Waals surface area contributed by atoms with Gasteiger partial charge in [-0.1, -0.05) is 23.7 Å². The Morgan fingerprint density at radius 3 is 2.86 bits per heavy atom. The lowest BCUT2D eigenvalue weighted by Gasteiger charge is -2.19. The number of aliphatic hydroxyl groups excluding tert-OH is 1. The lowest BCUT2D eigenvalue weighted by molar-refractivity contribution is -0.132. The van der Waals surface area contributed by atoms with Crippen LogP contribution in [0.25, 0.3) is 0 Å². The van der Waals surface area contributed by atoms with Gasteiger partial charge >= 0.3 is 0 Å². The van der Waals surface area contributed by atoms with Gasteiger partial charge < -0.3 is 10.0 Å². The third-order valence-electron chi connectivity index (χ3n) is 4.04. The molecule has 2 atom stereocenters. The minimum absolute atomic E-state index is 0.0305. The molecule has 1 aliphatic rings. The summed E-state index contributed by atoms with van der Waals surface area (Å²) >= 11 is 5.83. The van der Waals surface area contributed by atoms with Gasteiger partial charge in [-0.05, 0) is 30.2 Å². The van der Waals surface area contributed by atoms with Crippen molar-refractivity contribution in [1.82, 2.24) is 14.7 Å². The predicted molar refractivity (Wildman–Crippen MR) is 83.5 cm³/mol. The second-order valence-corrected chi connectivity index (χ2v) is 5.98. The first kappa shape index (κ1) is 15.1. The standard InChI is InChI=1S/C16H18ClN3O2/c17-13-4-2-12(3-5-13)15(21)10-16(22)19-9-6-14(11-19)20-8-1-7-18-20/h1-5,7-8,14-15,21H,6,9-11H2. The quantitative estimate of drug-likeness (QED) is 0.941. The van der Waals surface area contributed by atoms with E-state index >= 15 is 0 Å². The number of rotatable bonds is 4. The molecule has 0 radical (unpaired) electrons. The van der Waals surface area contributed by atoms with E-state index in [-0.39, 0.29) is 18.4 Å². The van der Waals surface area contributed by atoms with E-state index in [1.54, 1.807) is 35.4 Å². The molecule has 0 bridgehead atoms. The molecule has 1 amide bonds. The highest BCUT2D eigenvalue weighted by Gasteiger charge is 2.28. The Labute approximate surface area is 134 Å². The lowest BCUT2D eigenvalue weighted by Crippen LogP contribution is -2.30. The molecule has 6 heteroatoms.